The SMILES string of the molecule is [2H]C([2H])([2H])C([2H])([2H])C1(C([2H])([2H])C([2H])([2H])[2H])c2cc(C)ccc2-c2cc(N(c3ccc(-c4ccc5c(c4)sc4ccccc45)cc3)c3ccc4c(c3)C(C)(C)c3ccccc3-4)c(C)cc21. The molecule has 0 aliphatic heterocycles. The van der Waals surface area contributed by atoms with Crippen molar-refractivity contribution in [3.63, 3.8) is 0 Å². The number of anilines is 3. The van der Waals surface area contributed by atoms with Crippen LogP contribution >= 0.6 is 11.3 Å². The van der Waals surface area contributed by atoms with Crippen LogP contribution in [0.25, 0.3) is 53.6 Å². The van der Waals surface area contributed by atoms with Gasteiger partial charge in [0.2, 0.25) is 0 Å². The third kappa shape index (κ3) is 4.69. The van der Waals surface area contributed by atoms with Gasteiger partial charge >= 0.3 is 0 Å². The average Bonchev–Trinajstić information content (AvgIpc) is 3.83. The van der Waals surface area contributed by atoms with Gasteiger partial charge in [0.1, 0.15) is 0 Å². The van der Waals surface area contributed by atoms with Crippen LogP contribution in [0, 0.1) is 13.8 Å². The Balaban J connectivity index is 1.20. The smallest absolute Gasteiger partial charge is 0.0497 e. The van der Waals surface area contributed by atoms with Crippen LogP contribution in [0.3, 0.4) is 0 Å². The highest BCUT2D eigenvalue weighted by Crippen LogP contribution is 2.56. The van der Waals surface area contributed by atoms with E-state index in [1.165, 1.54) is 31.3 Å². The van der Waals surface area contributed by atoms with Crippen LogP contribution in [0.2, 0.25) is 0 Å². The molecule has 0 radical (unpaired) electrons. The summed E-state index contributed by atoms with van der Waals surface area (Å²) in [5.41, 5.74) is 8.11. The van der Waals surface area contributed by atoms with E-state index in [2.05, 4.69) is 128 Å². The van der Waals surface area contributed by atoms with E-state index in [4.69, 9.17) is 8.22 Å². The lowest BCUT2D eigenvalue weighted by Crippen LogP contribution is -2.23. The molecule has 8 aromatic rings. The fourth-order valence-corrected chi connectivity index (χ4v) is 10.2. The van der Waals surface area contributed by atoms with Crippen molar-refractivity contribution in [1.82, 2.24) is 0 Å². The Bertz CT molecular complexity index is 3180. The van der Waals surface area contributed by atoms with E-state index < -0.39 is 31.9 Å². The summed E-state index contributed by atoms with van der Waals surface area (Å²) in [5.74, 6) is 0. The number of rotatable bonds is 6. The number of fused-ring (bicyclic) bond motifs is 9. The van der Waals surface area contributed by atoms with Crippen molar-refractivity contribution in [3.05, 3.63) is 173 Å². The zero-order valence-corrected chi connectivity index (χ0v) is 31.5. The summed E-state index contributed by atoms with van der Waals surface area (Å²) < 4.78 is 91.2. The first-order valence-electron chi connectivity index (χ1n) is 23.4. The molecule has 2 heteroatoms. The molecule has 264 valence electrons. The zero-order chi connectivity index (χ0) is 45.5. The lowest BCUT2D eigenvalue weighted by atomic mass is 9.73. The molecule has 0 N–H and O–H groups in total. The van der Waals surface area contributed by atoms with Gasteiger partial charge in [0.05, 0.1) is 0 Å². The van der Waals surface area contributed by atoms with E-state index in [1.54, 1.807) is 42.5 Å². The molecule has 0 saturated carbocycles. The van der Waals surface area contributed by atoms with Gasteiger partial charge in [0.25, 0.3) is 0 Å². The molecule has 0 fully saturated rings. The van der Waals surface area contributed by atoms with Crippen molar-refractivity contribution in [2.24, 2.45) is 0 Å². The van der Waals surface area contributed by atoms with Crippen molar-refractivity contribution in [2.75, 3.05) is 4.90 Å². The molecule has 54 heavy (non-hydrogen) atoms. The predicted octanol–water partition coefficient (Wildman–Crippen LogP) is 15.2. The first-order valence-corrected chi connectivity index (χ1v) is 19.2. The van der Waals surface area contributed by atoms with E-state index in [0.29, 0.717) is 27.9 Å². The maximum Gasteiger partial charge on any atom is 0.0497 e. The molecule has 1 heterocycles. The Morgan fingerprint density at radius 3 is 2.06 bits per heavy atom. The van der Waals surface area contributed by atoms with Gasteiger partial charge in [-0.3, -0.25) is 0 Å². The first kappa shape index (κ1) is 24.1. The van der Waals surface area contributed by atoms with E-state index in [1.807, 2.05) is 13.0 Å². The maximum atomic E-state index is 9.40. The molecule has 0 atom stereocenters. The van der Waals surface area contributed by atoms with Crippen LogP contribution in [0.5, 0.6) is 0 Å². The van der Waals surface area contributed by atoms with Gasteiger partial charge in [-0.15, -0.1) is 11.3 Å². The minimum Gasteiger partial charge on any atom is -0.310 e. The van der Waals surface area contributed by atoms with Gasteiger partial charge in [0, 0.05) is 61.8 Å². The minimum absolute atomic E-state index is 0.00449. The number of hydrogen-bond acceptors (Lipinski definition) is 2. The van der Waals surface area contributed by atoms with Crippen LogP contribution in [0.1, 0.15) is 87.4 Å². The van der Waals surface area contributed by atoms with Crippen LogP contribution in [0.4, 0.5) is 17.1 Å². The molecule has 0 bridgehead atoms. The number of benzene rings is 7. The summed E-state index contributed by atoms with van der Waals surface area (Å²) in [7, 11) is 0. The maximum absolute atomic E-state index is 9.40. The van der Waals surface area contributed by atoms with Gasteiger partial charge in [0.15, 0.2) is 0 Å². The third-order valence-corrected chi connectivity index (χ3v) is 13.0. The van der Waals surface area contributed by atoms with Gasteiger partial charge in [-0.05, 0) is 130 Å². The Labute approximate surface area is 337 Å². The largest absolute Gasteiger partial charge is 0.310 e. The first-order chi connectivity index (χ1) is 30.1. The number of nitrogens with zero attached hydrogens (tertiary/aromatic N) is 1. The van der Waals surface area contributed by atoms with Gasteiger partial charge in [-0.25, -0.2) is 0 Å². The standard InChI is InChI=1S/C52H45NS/c1-7-52(8-2)46-27-32(3)17-24-40(46)43-31-48(33(4)28-47(43)52)53(37-23-26-39-38-13-9-11-15-44(38)51(5,6)45(39)30-37)36-21-18-34(19-22-36)35-20-25-42-41-14-10-12-16-49(41)54-50(42)29-35/h9-31H,7-8H2,1-6H3/i1D3,2D3,7D2,8D2. The molecule has 2 aliphatic rings. The lowest BCUT2D eigenvalue weighted by molar-refractivity contribution is 0.490. The fourth-order valence-electron chi connectivity index (χ4n) is 9.09. The molecular weight excluding hydrogens is 671 g/mol. The second-order valence-corrected chi connectivity index (χ2v) is 16.4. The Hall–Kier alpha value is -5.44. The highest BCUT2D eigenvalue weighted by molar-refractivity contribution is 7.25. The Morgan fingerprint density at radius 2 is 1.22 bits per heavy atom. The third-order valence-electron chi connectivity index (χ3n) is 11.9. The van der Waals surface area contributed by atoms with E-state index >= 15 is 0 Å². The molecule has 1 aromatic heterocycles. The average molecular weight is 726 g/mol. The summed E-state index contributed by atoms with van der Waals surface area (Å²) in [5, 5.41) is 2.46. The summed E-state index contributed by atoms with van der Waals surface area (Å²) in [4.78, 5) is 2.14. The summed E-state index contributed by atoms with van der Waals surface area (Å²) in [6, 6.07) is 46.9. The van der Waals surface area contributed by atoms with Crippen molar-refractivity contribution >= 4 is 48.6 Å². The van der Waals surface area contributed by atoms with Gasteiger partial charge in [-0.1, -0.05) is 130 Å². The topological polar surface area (TPSA) is 3.24 Å². The van der Waals surface area contributed by atoms with Crippen LogP contribution in [-0.2, 0) is 10.8 Å². The molecule has 0 saturated heterocycles. The summed E-state index contributed by atoms with van der Waals surface area (Å²) in [6.07, 6.45) is -6.73. The van der Waals surface area contributed by atoms with Gasteiger partial charge in [-0.2, -0.15) is 0 Å². The molecular formula is C52H45NS. The van der Waals surface area contributed by atoms with Crippen molar-refractivity contribution in [3.8, 4) is 33.4 Å². The van der Waals surface area contributed by atoms with Crippen LogP contribution in [-0.4, -0.2) is 0 Å². The fraction of sp³-hybridized carbons (Fsp3) is 0.192. The Kier molecular flexibility index (Phi) is 5.36. The molecule has 2 aliphatic carbocycles. The molecule has 7 aromatic carbocycles. The molecule has 0 spiro atoms. The normalized spacial score (nSPS) is 18.3. The van der Waals surface area contributed by atoms with E-state index in [-0.39, 0.29) is 16.5 Å². The lowest BCUT2D eigenvalue weighted by Gasteiger charge is -2.32. The van der Waals surface area contributed by atoms with Crippen molar-refractivity contribution in [1.29, 1.82) is 0 Å². The number of thiophene rings is 1. The van der Waals surface area contributed by atoms with Crippen molar-refractivity contribution < 1.29 is 13.7 Å². The van der Waals surface area contributed by atoms with Crippen LogP contribution < -0.4 is 4.90 Å². The molecule has 10 rings (SSSR count). The summed E-state index contributed by atoms with van der Waals surface area (Å²) in [6.45, 7) is 1.21. The second-order valence-electron chi connectivity index (χ2n) is 15.3. The highest BCUT2D eigenvalue weighted by Gasteiger charge is 2.41. The Morgan fingerprint density at radius 1 is 0.556 bits per heavy atom. The monoisotopic (exact) mass is 725 g/mol. The quantitative estimate of drug-likeness (QED) is 0.165. The van der Waals surface area contributed by atoms with Crippen molar-refractivity contribution in [2.45, 2.75) is 65.0 Å². The highest BCUT2D eigenvalue weighted by atomic mass is 32.1. The predicted molar refractivity (Wildman–Crippen MR) is 233 cm³/mol. The number of aryl methyl sites for hydroxylation is 2. The molecule has 0 amide bonds. The second kappa shape index (κ2) is 12.0. The zero-order valence-electron chi connectivity index (χ0n) is 40.6. The van der Waals surface area contributed by atoms with Gasteiger partial charge < -0.3 is 4.90 Å². The number of hydrogen-bond donors (Lipinski definition) is 0. The van der Waals surface area contributed by atoms with E-state index in [0.717, 1.165) is 33.6 Å². The summed E-state index contributed by atoms with van der Waals surface area (Å²) >= 11 is 1.77. The van der Waals surface area contributed by atoms with Crippen LogP contribution in [0.15, 0.2) is 140 Å². The minimum atomic E-state index is -3.41. The molecule has 1 nitrogen and oxygen atoms in total. The van der Waals surface area contributed by atoms with E-state index in [9.17, 15) is 5.48 Å². The molecule has 0 unspecified atom stereocenters.